The maximum absolute atomic E-state index is 12.4. The summed E-state index contributed by atoms with van der Waals surface area (Å²) in [5.74, 6) is 1.38. The van der Waals surface area contributed by atoms with E-state index in [0.29, 0.717) is 24.6 Å². The van der Waals surface area contributed by atoms with Gasteiger partial charge in [0.1, 0.15) is 6.54 Å². The zero-order valence-corrected chi connectivity index (χ0v) is 17.1. The van der Waals surface area contributed by atoms with Crippen molar-refractivity contribution in [3.8, 4) is 22.6 Å². The van der Waals surface area contributed by atoms with E-state index in [1.807, 2.05) is 67.7 Å². The molecule has 0 aliphatic rings. The number of likely N-dealkylation sites (N-methyl/N-ethyl adjacent to an activating group) is 1. The Labute approximate surface area is 171 Å². The second-order valence-electron chi connectivity index (χ2n) is 6.99. The van der Waals surface area contributed by atoms with Gasteiger partial charge in [-0.3, -0.25) is 4.79 Å². The lowest BCUT2D eigenvalue weighted by Crippen LogP contribution is -3.08. The molecular weight excluding hydrogens is 364 g/mol. The topological polar surface area (TPSA) is 52.0 Å². The maximum atomic E-state index is 12.4. The molecule has 1 unspecified atom stereocenters. The van der Waals surface area contributed by atoms with Crippen LogP contribution in [-0.4, -0.2) is 33.7 Å². The number of anilines is 1. The van der Waals surface area contributed by atoms with Gasteiger partial charge in [0, 0.05) is 11.3 Å². The van der Waals surface area contributed by atoms with Gasteiger partial charge in [-0.05, 0) is 41.5 Å². The van der Waals surface area contributed by atoms with E-state index < -0.39 is 0 Å². The fourth-order valence-corrected chi connectivity index (χ4v) is 3.26. The van der Waals surface area contributed by atoms with Crippen molar-refractivity contribution < 1.29 is 19.2 Å². The first-order valence-electron chi connectivity index (χ1n) is 9.56. The third-order valence-electron chi connectivity index (χ3n) is 4.69. The summed E-state index contributed by atoms with van der Waals surface area (Å²) in [5, 5.41) is 2.97. The average molecular weight is 391 g/mol. The van der Waals surface area contributed by atoms with E-state index in [0.717, 1.165) is 27.3 Å². The molecule has 2 N–H and O–H groups in total. The molecule has 3 aromatic carbocycles. The summed E-state index contributed by atoms with van der Waals surface area (Å²) in [5.41, 5.74) is 4.16. The summed E-state index contributed by atoms with van der Waals surface area (Å²) in [6, 6.07) is 23.9. The number of carbonyl (C=O) groups is 1. The number of benzene rings is 3. The smallest absolute Gasteiger partial charge is 0.279 e. The molecular formula is C24H27N2O3+. The van der Waals surface area contributed by atoms with Gasteiger partial charge in [-0.2, -0.15) is 0 Å². The Hall–Kier alpha value is -3.31. The van der Waals surface area contributed by atoms with Gasteiger partial charge in [0.15, 0.2) is 18.0 Å². The van der Waals surface area contributed by atoms with Crippen LogP contribution in [0.15, 0.2) is 72.8 Å². The molecule has 0 saturated heterocycles. The zero-order valence-electron chi connectivity index (χ0n) is 17.1. The van der Waals surface area contributed by atoms with E-state index in [4.69, 9.17) is 9.47 Å². The average Bonchev–Trinajstić information content (AvgIpc) is 2.74. The standard InChI is InChI=1S/C24H26N2O3/c1-26(16-18-9-14-22(28-2)23(15-18)29-3)17-24(27)25-21-12-10-20(11-13-21)19-7-5-4-6-8-19/h4-15H,16-17H2,1-3H3,(H,25,27)/p+1. The van der Waals surface area contributed by atoms with E-state index in [-0.39, 0.29) is 5.91 Å². The highest BCUT2D eigenvalue weighted by Gasteiger charge is 2.13. The minimum atomic E-state index is -0.0181. The summed E-state index contributed by atoms with van der Waals surface area (Å²) < 4.78 is 10.6. The van der Waals surface area contributed by atoms with Crippen molar-refractivity contribution in [2.45, 2.75) is 6.54 Å². The van der Waals surface area contributed by atoms with E-state index in [1.54, 1.807) is 14.2 Å². The van der Waals surface area contributed by atoms with Gasteiger partial charge >= 0.3 is 0 Å². The summed E-state index contributed by atoms with van der Waals surface area (Å²) in [4.78, 5) is 13.5. The number of methoxy groups -OCH3 is 2. The van der Waals surface area contributed by atoms with Crippen molar-refractivity contribution in [1.82, 2.24) is 0 Å². The van der Waals surface area contributed by atoms with Crippen molar-refractivity contribution in [3.63, 3.8) is 0 Å². The number of carbonyl (C=O) groups excluding carboxylic acids is 1. The van der Waals surface area contributed by atoms with Crippen LogP contribution in [0.25, 0.3) is 11.1 Å². The van der Waals surface area contributed by atoms with Gasteiger partial charge in [0.05, 0.1) is 21.3 Å². The number of ether oxygens (including phenoxy) is 2. The molecule has 3 rings (SSSR count). The second kappa shape index (κ2) is 9.75. The Bertz CT molecular complexity index is 940. The summed E-state index contributed by atoms with van der Waals surface area (Å²) in [6.07, 6.45) is 0. The van der Waals surface area contributed by atoms with E-state index in [9.17, 15) is 4.79 Å². The molecule has 0 bridgehead atoms. The van der Waals surface area contributed by atoms with Crippen molar-refractivity contribution >= 4 is 11.6 Å². The second-order valence-corrected chi connectivity index (χ2v) is 6.99. The number of rotatable bonds is 8. The zero-order chi connectivity index (χ0) is 20.6. The summed E-state index contributed by atoms with van der Waals surface area (Å²) in [6.45, 7) is 1.08. The lowest BCUT2D eigenvalue weighted by molar-refractivity contribution is -0.885. The van der Waals surface area contributed by atoms with Gasteiger partial charge in [-0.25, -0.2) is 0 Å². The number of hydrogen-bond acceptors (Lipinski definition) is 3. The molecule has 1 amide bonds. The van der Waals surface area contributed by atoms with Crippen LogP contribution >= 0.6 is 0 Å². The largest absolute Gasteiger partial charge is 0.493 e. The van der Waals surface area contributed by atoms with Crippen LogP contribution in [-0.2, 0) is 11.3 Å². The van der Waals surface area contributed by atoms with Crippen LogP contribution in [0.5, 0.6) is 11.5 Å². The molecule has 0 radical (unpaired) electrons. The van der Waals surface area contributed by atoms with Gasteiger partial charge in [0.2, 0.25) is 0 Å². The number of hydrogen-bond donors (Lipinski definition) is 2. The molecule has 0 saturated carbocycles. The van der Waals surface area contributed by atoms with Crippen molar-refractivity contribution in [1.29, 1.82) is 0 Å². The minimum absolute atomic E-state index is 0.0181. The number of amides is 1. The summed E-state index contributed by atoms with van der Waals surface area (Å²) in [7, 11) is 5.23. The van der Waals surface area contributed by atoms with Crippen molar-refractivity contribution in [2.75, 3.05) is 33.1 Å². The van der Waals surface area contributed by atoms with Gasteiger partial charge < -0.3 is 19.7 Å². The predicted molar refractivity (Wildman–Crippen MR) is 116 cm³/mol. The molecule has 0 aliphatic carbocycles. The van der Waals surface area contributed by atoms with Crippen LogP contribution in [0.2, 0.25) is 0 Å². The minimum Gasteiger partial charge on any atom is -0.493 e. The van der Waals surface area contributed by atoms with E-state index in [1.165, 1.54) is 0 Å². The SMILES string of the molecule is COc1ccc(C[NH+](C)CC(=O)Nc2ccc(-c3ccccc3)cc2)cc1OC. The highest BCUT2D eigenvalue weighted by atomic mass is 16.5. The van der Waals surface area contributed by atoms with Crippen LogP contribution in [0.1, 0.15) is 5.56 Å². The third kappa shape index (κ3) is 5.59. The molecule has 0 aliphatic heterocycles. The highest BCUT2D eigenvalue weighted by Crippen LogP contribution is 2.27. The van der Waals surface area contributed by atoms with Crippen LogP contribution in [0.3, 0.4) is 0 Å². The normalized spacial score (nSPS) is 11.6. The molecule has 1 atom stereocenters. The maximum Gasteiger partial charge on any atom is 0.279 e. The molecule has 0 spiro atoms. The quantitative estimate of drug-likeness (QED) is 0.621. The highest BCUT2D eigenvalue weighted by molar-refractivity contribution is 5.91. The first-order chi connectivity index (χ1) is 14.1. The number of quaternary nitrogens is 1. The van der Waals surface area contributed by atoms with E-state index in [2.05, 4.69) is 17.4 Å². The summed E-state index contributed by atoms with van der Waals surface area (Å²) >= 11 is 0. The monoisotopic (exact) mass is 391 g/mol. The molecule has 0 fully saturated rings. The Morgan fingerprint density at radius 1 is 0.862 bits per heavy atom. The fourth-order valence-electron chi connectivity index (χ4n) is 3.26. The van der Waals surface area contributed by atoms with Gasteiger partial charge in [0.25, 0.3) is 5.91 Å². The fraction of sp³-hybridized carbons (Fsp3) is 0.208. The Morgan fingerprint density at radius 3 is 2.17 bits per heavy atom. The first-order valence-corrected chi connectivity index (χ1v) is 9.56. The Kier molecular flexibility index (Phi) is 6.87. The third-order valence-corrected chi connectivity index (χ3v) is 4.69. The molecule has 29 heavy (non-hydrogen) atoms. The van der Waals surface area contributed by atoms with Crippen molar-refractivity contribution in [2.24, 2.45) is 0 Å². The predicted octanol–water partition coefficient (Wildman–Crippen LogP) is 3.02. The van der Waals surface area contributed by atoms with Crippen molar-refractivity contribution in [3.05, 3.63) is 78.4 Å². The molecule has 5 nitrogen and oxygen atoms in total. The molecule has 3 aromatic rings. The van der Waals surface area contributed by atoms with Gasteiger partial charge in [-0.1, -0.05) is 42.5 Å². The van der Waals surface area contributed by atoms with Crippen LogP contribution in [0.4, 0.5) is 5.69 Å². The van der Waals surface area contributed by atoms with Crippen LogP contribution in [0, 0.1) is 0 Å². The first kappa shape index (κ1) is 20.4. The van der Waals surface area contributed by atoms with E-state index >= 15 is 0 Å². The van der Waals surface area contributed by atoms with Crippen LogP contribution < -0.4 is 19.7 Å². The van der Waals surface area contributed by atoms with Gasteiger partial charge in [-0.15, -0.1) is 0 Å². The molecule has 150 valence electrons. The number of nitrogens with one attached hydrogen (secondary N) is 2. The lowest BCUT2D eigenvalue weighted by atomic mass is 10.1. The molecule has 0 aromatic heterocycles. The molecule has 5 heteroatoms. The lowest BCUT2D eigenvalue weighted by Gasteiger charge is -2.15. The molecule has 0 heterocycles. The Balaban J connectivity index is 1.55. The Morgan fingerprint density at radius 2 is 1.52 bits per heavy atom.